The molecule has 1 rings (SSSR count). The largest absolute Gasteiger partial charge is 0.480 e. The number of hydrogen-bond acceptors (Lipinski definition) is 4. The van der Waals surface area contributed by atoms with Crippen LogP contribution >= 0.6 is 11.8 Å². The van der Waals surface area contributed by atoms with Crippen LogP contribution in [0.4, 0.5) is 4.79 Å². The molecule has 1 atom stereocenters. The molecule has 0 radical (unpaired) electrons. The predicted octanol–water partition coefficient (Wildman–Crippen LogP) is -0.189. The Morgan fingerprint density at radius 3 is 2.68 bits per heavy atom. The van der Waals surface area contributed by atoms with Gasteiger partial charge in [-0.15, -0.1) is 12.3 Å². The molecule has 1 fully saturated rings. The normalized spacial score (nSPS) is 17.2. The number of carbonyl (C=O) groups is 2. The number of carboxylic acid groups (broad SMARTS) is 1. The lowest BCUT2D eigenvalue weighted by molar-refractivity contribution is -0.139. The molecule has 3 N–H and O–H groups in total. The van der Waals surface area contributed by atoms with Gasteiger partial charge in [0.1, 0.15) is 6.04 Å². The van der Waals surface area contributed by atoms with Crippen LogP contribution in [0.2, 0.25) is 0 Å². The van der Waals surface area contributed by atoms with E-state index in [0.717, 1.165) is 31.1 Å². The third-order valence-electron chi connectivity index (χ3n) is 2.74. The molecular formula is C12H19N3O3S. The summed E-state index contributed by atoms with van der Waals surface area (Å²) in [5, 5.41) is 13.8. The maximum Gasteiger partial charge on any atom is 0.327 e. The molecule has 1 heterocycles. The average Bonchev–Trinajstić information content (AvgIpc) is 2.39. The van der Waals surface area contributed by atoms with Gasteiger partial charge < -0.3 is 15.7 Å². The highest BCUT2D eigenvalue weighted by Crippen LogP contribution is 2.07. The van der Waals surface area contributed by atoms with Gasteiger partial charge in [0.25, 0.3) is 0 Å². The Bertz CT molecular complexity index is 351. The van der Waals surface area contributed by atoms with Gasteiger partial charge in [-0.05, 0) is 0 Å². The molecule has 0 aliphatic carbocycles. The summed E-state index contributed by atoms with van der Waals surface area (Å²) in [5.41, 5.74) is 0. The second-order valence-corrected chi connectivity index (χ2v) is 5.38. The Hall–Kier alpha value is -1.39. The minimum absolute atomic E-state index is 0.0217. The summed E-state index contributed by atoms with van der Waals surface area (Å²) >= 11 is 1.93. The molecule has 6 nitrogen and oxygen atoms in total. The van der Waals surface area contributed by atoms with Gasteiger partial charge in [0, 0.05) is 44.1 Å². The van der Waals surface area contributed by atoms with Gasteiger partial charge in [-0.25, -0.2) is 9.59 Å². The predicted molar refractivity (Wildman–Crippen MR) is 75.2 cm³/mol. The molecule has 1 aliphatic heterocycles. The van der Waals surface area contributed by atoms with E-state index in [2.05, 4.69) is 21.5 Å². The van der Waals surface area contributed by atoms with Crippen LogP contribution in [0, 0.1) is 12.3 Å². The molecule has 1 unspecified atom stereocenters. The Labute approximate surface area is 117 Å². The monoisotopic (exact) mass is 285 g/mol. The quantitative estimate of drug-likeness (QED) is 0.589. The van der Waals surface area contributed by atoms with E-state index in [1.54, 1.807) is 0 Å². The number of hydrogen-bond donors (Lipinski definition) is 3. The van der Waals surface area contributed by atoms with E-state index in [-0.39, 0.29) is 6.42 Å². The van der Waals surface area contributed by atoms with Crippen LogP contribution in [0.1, 0.15) is 6.42 Å². The van der Waals surface area contributed by atoms with Crippen molar-refractivity contribution in [1.29, 1.82) is 0 Å². The topological polar surface area (TPSA) is 81.7 Å². The van der Waals surface area contributed by atoms with E-state index in [0.29, 0.717) is 6.54 Å². The first-order valence-electron chi connectivity index (χ1n) is 6.14. The molecule has 0 aromatic heterocycles. The van der Waals surface area contributed by atoms with Gasteiger partial charge in [0.2, 0.25) is 0 Å². The third kappa shape index (κ3) is 6.36. The zero-order valence-corrected chi connectivity index (χ0v) is 11.5. The van der Waals surface area contributed by atoms with Crippen molar-refractivity contribution in [3.63, 3.8) is 0 Å². The number of nitrogens with zero attached hydrogens (tertiary/aromatic N) is 1. The van der Waals surface area contributed by atoms with Crippen molar-refractivity contribution in [1.82, 2.24) is 15.5 Å². The average molecular weight is 285 g/mol. The van der Waals surface area contributed by atoms with Crippen LogP contribution in [-0.2, 0) is 4.79 Å². The Balaban J connectivity index is 2.19. The van der Waals surface area contributed by atoms with E-state index in [1.165, 1.54) is 0 Å². The van der Waals surface area contributed by atoms with Crippen molar-refractivity contribution in [2.24, 2.45) is 0 Å². The molecule has 0 saturated carbocycles. The van der Waals surface area contributed by atoms with Gasteiger partial charge in [-0.2, -0.15) is 11.8 Å². The smallest absolute Gasteiger partial charge is 0.327 e. The molecular weight excluding hydrogens is 266 g/mol. The lowest BCUT2D eigenvalue weighted by atomic mass is 10.2. The number of rotatable bonds is 6. The van der Waals surface area contributed by atoms with Crippen LogP contribution in [0.15, 0.2) is 0 Å². The summed E-state index contributed by atoms with van der Waals surface area (Å²) in [6, 6.07) is -1.52. The number of terminal acetylenes is 1. The Morgan fingerprint density at radius 2 is 2.11 bits per heavy atom. The highest BCUT2D eigenvalue weighted by atomic mass is 32.2. The van der Waals surface area contributed by atoms with Gasteiger partial charge in [0.15, 0.2) is 0 Å². The summed E-state index contributed by atoms with van der Waals surface area (Å²) in [6.45, 7) is 3.34. The van der Waals surface area contributed by atoms with Crippen LogP contribution in [-0.4, -0.2) is 65.7 Å². The van der Waals surface area contributed by atoms with Gasteiger partial charge in [0.05, 0.1) is 0 Å². The van der Waals surface area contributed by atoms with E-state index in [1.807, 2.05) is 11.8 Å². The van der Waals surface area contributed by atoms with E-state index in [9.17, 15) is 9.59 Å². The van der Waals surface area contributed by atoms with Crippen LogP contribution in [0.5, 0.6) is 0 Å². The highest BCUT2D eigenvalue weighted by Gasteiger charge is 2.18. The molecule has 0 bridgehead atoms. The van der Waals surface area contributed by atoms with Gasteiger partial charge in [-0.3, -0.25) is 4.90 Å². The summed E-state index contributed by atoms with van der Waals surface area (Å²) in [4.78, 5) is 24.6. The summed E-state index contributed by atoms with van der Waals surface area (Å²) in [5.74, 6) is 3.35. The van der Waals surface area contributed by atoms with Crippen molar-refractivity contribution < 1.29 is 14.7 Å². The lowest BCUT2D eigenvalue weighted by Gasteiger charge is -2.26. The molecule has 19 heavy (non-hydrogen) atoms. The van der Waals surface area contributed by atoms with Crippen molar-refractivity contribution in [3.8, 4) is 12.3 Å². The number of aliphatic carboxylic acids is 1. The van der Waals surface area contributed by atoms with E-state index >= 15 is 0 Å². The first kappa shape index (κ1) is 15.7. The molecule has 0 spiro atoms. The molecule has 0 aromatic carbocycles. The van der Waals surface area contributed by atoms with Crippen LogP contribution in [0.25, 0.3) is 0 Å². The fraction of sp³-hybridized carbons (Fsp3) is 0.667. The fourth-order valence-electron chi connectivity index (χ4n) is 1.68. The maximum atomic E-state index is 11.5. The number of urea groups is 1. The van der Waals surface area contributed by atoms with E-state index in [4.69, 9.17) is 11.5 Å². The summed E-state index contributed by atoms with van der Waals surface area (Å²) in [6.07, 6.45) is 5.03. The van der Waals surface area contributed by atoms with Crippen molar-refractivity contribution in [3.05, 3.63) is 0 Å². The first-order chi connectivity index (χ1) is 9.13. The molecule has 1 aliphatic rings. The number of carbonyl (C=O) groups excluding carboxylic acids is 1. The van der Waals surface area contributed by atoms with Crippen molar-refractivity contribution >= 4 is 23.8 Å². The SMILES string of the molecule is C#CCC(NC(=O)NCCN1CCSCC1)C(=O)O. The van der Waals surface area contributed by atoms with Gasteiger partial charge >= 0.3 is 12.0 Å². The molecule has 1 saturated heterocycles. The minimum Gasteiger partial charge on any atom is -0.480 e. The zero-order chi connectivity index (χ0) is 14.1. The Morgan fingerprint density at radius 1 is 1.42 bits per heavy atom. The van der Waals surface area contributed by atoms with Crippen LogP contribution in [0.3, 0.4) is 0 Å². The van der Waals surface area contributed by atoms with Crippen molar-refractivity contribution in [2.45, 2.75) is 12.5 Å². The summed E-state index contributed by atoms with van der Waals surface area (Å²) in [7, 11) is 0. The molecule has 7 heteroatoms. The highest BCUT2D eigenvalue weighted by molar-refractivity contribution is 7.99. The molecule has 2 amide bonds. The Kier molecular flexibility index (Phi) is 7.15. The third-order valence-corrected chi connectivity index (χ3v) is 3.69. The number of nitrogens with one attached hydrogen (secondary N) is 2. The minimum atomic E-state index is -1.12. The summed E-state index contributed by atoms with van der Waals surface area (Å²) < 4.78 is 0. The molecule has 0 aromatic rings. The van der Waals surface area contributed by atoms with Crippen molar-refractivity contribution in [2.75, 3.05) is 37.7 Å². The number of amides is 2. The number of thioether (sulfide) groups is 1. The number of carboxylic acids is 1. The molecule has 106 valence electrons. The van der Waals surface area contributed by atoms with E-state index < -0.39 is 18.0 Å². The first-order valence-corrected chi connectivity index (χ1v) is 7.29. The van der Waals surface area contributed by atoms with Crippen LogP contribution < -0.4 is 10.6 Å². The standard InChI is InChI=1S/C12H19N3O3S/c1-2-3-10(11(16)17)14-12(18)13-4-5-15-6-8-19-9-7-15/h1,10H,3-9H2,(H,16,17)(H2,13,14,18). The zero-order valence-electron chi connectivity index (χ0n) is 10.7. The second kappa shape index (κ2) is 8.67. The fourth-order valence-corrected chi connectivity index (χ4v) is 2.66. The lowest BCUT2D eigenvalue weighted by Crippen LogP contribution is -2.48. The maximum absolute atomic E-state index is 11.5. The van der Waals surface area contributed by atoms with Gasteiger partial charge in [-0.1, -0.05) is 0 Å². The second-order valence-electron chi connectivity index (χ2n) is 4.15.